The second-order valence-corrected chi connectivity index (χ2v) is 12.8. The number of hydrogen-bond acceptors (Lipinski definition) is 7. The number of nitrogens with zero attached hydrogens (tertiary/aromatic N) is 2. The van der Waals surface area contributed by atoms with Crippen molar-refractivity contribution in [2.75, 3.05) is 17.7 Å². The van der Waals surface area contributed by atoms with Crippen molar-refractivity contribution in [3.8, 4) is 0 Å². The van der Waals surface area contributed by atoms with Crippen molar-refractivity contribution >= 4 is 47.2 Å². The molecule has 2 aliphatic heterocycles. The van der Waals surface area contributed by atoms with Crippen LogP contribution in [0.1, 0.15) is 61.6 Å². The zero-order valence-corrected chi connectivity index (χ0v) is 26.4. The number of imide groups is 1. The highest BCUT2D eigenvalue weighted by atomic mass is 32.2. The van der Waals surface area contributed by atoms with Gasteiger partial charge in [0.1, 0.15) is 6.10 Å². The molecular weight excluding hydrogens is 592 g/mol. The summed E-state index contributed by atoms with van der Waals surface area (Å²) < 4.78 is 5.77. The lowest BCUT2D eigenvalue weighted by Gasteiger charge is -2.34. The number of aryl methyl sites for hydroxylation is 2. The van der Waals surface area contributed by atoms with Crippen molar-refractivity contribution in [1.82, 2.24) is 15.5 Å². The molecule has 2 unspecified atom stereocenters. The van der Waals surface area contributed by atoms with Crippen molar-refractivity contribution in [3.63, 3.8) is 0 Å². The number of hydrogen-bond donors (Lipinski definition) is 2. The first-order chi connectivity index (χ1) is 21.9. The normalized spacial score (nSPS) is 21.3. The first-order valence-corrected chi connectivity index (χ1v) is 16.7. The number of nitrogens with one attached hydrogen (secondary N) is 2. The van der Waals surface area contributed by atoms with Gasteiger partial charge in [0.2, 0.25) is 17.7 Å². The van der Waals surface area contributed by atoms with Crippen molar-refractivity contribution < 1.29 is 28.7 Å². The van der Waals surface area contributed by atoms with E-state index in [-0.39, 0.29) is 31.4 Å². The van der Waals surface area contributed by atoms with Crippen LogP contribution in [-0.4, -0.2) is 64.9 Å². The van der Waals surface area contributed by atoms with E-state index in [1.54, 1.807) is 4.90 Å². The van der Waals surface area contributed by atoms with E-state index in [1.165, 1.54) is 18.8 Å². The molecule has 3 atom stereocenters. The summed E-state index contributed by atoms with van der Waals surface area (Å²) in [6.45, 7) is 0.203. The lowest BCUT2D eigenvalue weighted by molar-refractivity contribution is -0.146. The summed E-state index contributed by atoms with van der Waals surface area (Å²) >= 11 is 1.20. The minimum absolute atomic E-state index is 0.133. The molecule has 0 saturated carbocycles. The zero-order valence-electron chi connectivity index (χ0n) is 25.5. The number of rotatable bonds is 8. The molecule has 2 N–H and O–H groups in total. The van der Waals surface area contributed by atoms with E-state index in [9.17, 15) is 24.0 Å². The van der Waals surface area contributed by atoms with E-state index in [1.807, 2.05) is 48.5 Å². The Kier molecular flexibility index (Phi) is 10.9. The molecule has 1 aliphatic carbocycles. The van der Waals surface area contributed by atoms with Crippen LogP contribution >= 0.6 is 11.8 Å². The number of fused-ring (bicyclic) bond motifs is 2. The Morgan fingerprint density at radius 1 is 0.956 bits per heavy atom. The van der Waals surface area contributed by atoms with Crippen LogP contribution in [0.4, 0.5) is 10.5 Å². The molecular formula is C34H40N4O6S. The van der Waals surface area contributed by atoms with Crippen molar-refractivity contribution in [1.29, 1.82) is 0 Å². The highest BCUT2D eigenvalue weighted by molar-refractivity contribution is 8.00. The molecule has 5 rings (SSSR count). The van der Waals surface area contributed by atoms with Crippen LogP contribution < -0.4 is 15.5 Å². The average molecular weight is 633 g/mol. The molecule has 45 heavy (non-hydrogen) atoms. The number of carbonyl (C=O) groups is 5. The topological polar surface area (TPSA) is 125 Å². The van der Waals surface area contributed by atoms with Crippen molar-refractivity contribution in [2.45, 2.75) is 81.9 Å². The van der Waals surface area contributed by atoms with E-state index in [4.69, 9.17) is 4.74 Å². The average Bonchev–Trinajstić information content (AvgIpc) is 3.29. The minimum atomic E-state index is -1.60. The van der Waals surface area contributed by atoms with Gasteiger partial charge in [-0.05, 0) is 67.7 Å². The number of alkyl carbamates (subject to hydrolysis) is 1. The second kappa shape index (κ2) is 15.2. The maximum absolute atomic E-state index is 14.6. The fourth-order valence-electron chi connectivity index (χ4n) is 6.03. The predicted molar refractivity (Wildman–Crippen MR) is 172 cm³/mol. The van der Waals surface area contributed by atoms with Gasteiger partial charge in [0.15, 0.2) is 6.17 Å². The molecule has 11 heteroatoms. The summed E-state index contributed by atoms with van der Waals surface area (Å²) in [6, 6.07) is 15.5. The molecule has 238 valence electrons. The second-order valence-electron chi connectivity index (χ2n) is 11.5. The van der Waals surface area contributed by atoms with E-state index in [0.29, 0.717) is 30.7 Å². The molecule has 1 fully saturated rings. The monoisotopic (exact) mass is 632 g/mol. The standard InChI is InChI=1S/C34H40N4O6S/c1-35-29(39)19-20-45-28-21-30(40)38(32(28)41)31(36-34(43)44-26-14-5-3-2-4-6-15-26)33(42)37-22-25-13-8-7-11-23(25)17-18-24-12-9-10-16-27(24)37/h2-3,7-13,16,26,28,31H,4-6,14-15,17-22H2,1H3,(H,35,39)(H,36,43)/b3-2+/t26-,28?,31?/m0/s1. The molecule has 0 bridgehead atoms. The smallest absolute Gasteiger partial charge is 0.409 e. The van der Waals surface area contributed by atoms with Gasteiger partial charge in [-0.1, -0.05) is 54.6 Å². The van der Waals surface area contributed by atoms with Crippen LogP contribution in [0.5, 0.6) is 0 Å². The lowest BCUT2D eigenvalue weighted by atomic mass is 9.95. The SMILES string of the molecule is CNC(=O)CCSC1CC(=O)N(C(NC(=O)O[C@H]2CC/C=C/CCC2)C(=O)N2Cc3ccccc3CCc3ccccc32)C1=O. The molecule has 2 aromatic rings. The van der Waals surface area contributed by atoms with Gasteiger partial charge in [0, 0.05) is 31.3 Å². The van der Waals surface area contributed by atoms with Gasteiger partial charge in [0.05, 0.1) is 11.8 Å². The van der Waals surface area contributed by atoms with Gasteiger partial charge in [0.25, 0.3) is 5.91 Å². The van der Waals surface area contributed by atoms with Crippen LogP contribution in [-0.2, 0) is 43.3 Å². The first kappa shape index (κ1) is 32.3. The number of likely N-dealkylation sites (tertiary alicyclic amines) is 1. The van der Waals surface area contributed by atoms with Crippen LogP contribution in [0.2, 0.25) is 0 Å². The maximum atomic E-state index is 14.6. The molecule has 0 radical (unpaired) electrons. The number of anilines is 1. The molecule has 1 saturated heterocycles. The number of thioether (sulfide) groups is 1. The number of ether oxygens (including phenoxy) is 1. The van der Waals surface area contributed by atoms with Gasteiger partial charge in [-0.3, -0.25) is 29.4 Å². The lowest BCUT2D eigenvalue weighted by Crippen LogP contribution is -2.60. The molecule has 2 heterocycles. The Balaban J connectivity index is 1.44. The van der Waals surface area contributed by atoms with Gasteiger partial charge >= 0.3 is 6.09 Å². The number of para-hydroxylation sites is 1. The summed E-state index contributed by atoms with van der Waals surface area (Å²) in [4.78, 5) is 69.4. The van der Waals surface area contributed by atoms with Crippen molar-refractivity contribution in [3.05, 3.63) is 77.4 Å². The van der Waals surface area contributed by atoms with Gasteiger partial charge in [-0.15, -0.1) is 11.8 Å². The number of amides is 5. The Morgan fingerprint density at radius 2 is 1.67 bits per heavy atom. The Hall–Kier alpha value is -4.12. The van der Waals surface area contributed by atoms with Gasteiger partial charge in [-0.25, -0.2) is 4.79 Å². The Labute approximate surface area is 267 Å². The quantitative estimate of drug-likeness (QED) is 0.329. The predicted octanol–water partition coefficient (Wildman–Crippen LogP) is 4.26. The molecule has 10 nitrogen and oxygen atoms in total. The highest BCUT2D eigenvalue weighted by Crippen LogP contribution is 2.32. The molecule has 5 amide bonds. The van der Waals surface area contributed by atoms with Crippen LogP contribution in [0, 0.1) is 0 Å². The molecule has 3 aliphatic rings. The Bertz CT molecular complexity index is 1460. The fraction of sp³-hybridized carbons (Fsp3) is 0.441. The third kappa shape index (κ3) is 7.94. The fourth-order valence-corrected chi connectivity index (χ4v) is 7.13. The summed E-state index contributed by atoms with van der Waals surface area (Å²) in [5.41, 5.74) is 3.67. The summed E-state index contributed by atoms with van der Waals surface area (Å²) in [6.07, 6.45) is 6.79. The van der Waals surface area contributed by atoms with E-state index >= 15 is 0 Å². The largest absolute Gasteiger partial charge is 0.446 e. The number of allylic oxidation sites excluding steroid dienone is 2. The van der Waals surface area contributed by atoms with Crippen LogP contribution in [0.25, 0.3) is 0 Å². The number of carbonyl (C=O) groups excluding carboxylic acids is 5. The third-order valence-electron chi connectivity index (χ3n) is 8.47. The number of benzene rings is 2. The summed E-state index contributed by atoms with van der Waals surface area (Å²) in [5.74, 6) is -1.58. The van der Waals surface area contributed by atoms with Crippen LogP contribution in [0.15, 0.2) is 60.7 Å². The third-order valence-corrected chi connectivity index (χ3v) is 9.68. The summed E-state index contributed by atoms with van der Waals surface area (Å²) in [7, 11) is 1.54. The summed E-state index contributed by atoms with van der Waals surface area (Å²) in [5, 5.41) is 4.41. The van der Waals surface area contributed by atoms with E-state index in [2.05, 4.69) is 22.8 Å². The molecule has 0 aromatic heterocycles. The minimum Gasteiger partial charge on any atom is -0.446 e. The van der Waals surface area contributed by atoms with Crippen LogP contribution in [0.3, 0.4) is 0 Å². The van der Waals surface area contributed by atoms with Crippen molar-refractivity contribution in [2.24, 2.45) is 0 Å². The zero-order chi connectivity index (χ0) is 31.8. The molecule has 0 spiro atoms. The highest BCUT2D eigenvalue weighted by Gasteiger charge is 2.47. The van der Waals surface area contributed by atoms with E-state index < -0.39 is 35.2 Å². The maximum Gasteiger partial charge on any atom is 0.409 e. The van der Waals surface area contributed by atoms with E-state index in [0.717, 1.165) is 47.3 Å². The Morgan fingerprint density at radius 3 is 2.47 bits per heavy atom. The van der Waals surface area contributed by atoms with Gasteiger partial charge < -0.3 is 15.0 Å². The first-order valence-electron chi connectivity index (χ1n) is 15.6. The van der Waals surface area contributed by atoms with Gasteiger partial charge in [-0.2, -0.15) is 0 Å². The molecule has 2 aromatic carbocycles.